The maximum Gasteiger partial charge on any atom is 0.271 e. The molecule has 0 aromatic heterocycles. The molecule has 0 unspecified atom stereocenters. The van der Waals surface area contributed by atoms with Gasteiger partial charge in [-0.3, -0.25) is 9.52 Å². The van der Waals surface area contributed by atoms with Crippen LogP contribution in [0.25, 0.3) is 0 Å². The first-order chi connectivity index (χ1) is 18.3. The smallest absolute Gasteiger partial charge is 0.271 e. The highest BCUT2D eigenvalue weighted by molar-refractivity contribution is 7.99. The summed E-state index contributed by atoms with van der Waals surface area (Å²) in [5.41, 5.74) is 6.44. The Morgan fingerprint density at radius 2 is 1.63 bits per heavy atom. The normalized spacial score (nSPS) is 12.5. The summed E-state index contributed by atoms with van der Waals surface area (Å²) < 4.78 is 33.6. The van der Waals surface area contributed by atoms with Crippen LogP contribution < -0.4 is 20.2 Å². The molecular weight excluding hydrogens is 520 g/mol. The molecule has 38 heavy (non-hydrogen) atoms. The first-order valence-electron chi connectivity index (χ1n) is 11.6. The molecule has 0 radical (unpaired) electrons. The summed E-state index contributed by atoms with van der Waals surface area (Å²) in [6.07, 6.45) is 0. The molecule has 4 aromatic carbocycles. The molecule has 8 nitrogen and oxygen atoms in total. The average molecular weight is 545 g/mol. The number of methoxy groups -OCH3 is 1. The number of carbonyl (C=O) groups is 1. The number of fused-ring (bicyclic) bond motifs is 2. The number of hydrazone groups is 1. The van der Waals surface area contributed by atoms with Crippen molar-refractivity contribution >= 4 is 50.5 Å². The fourth-order valence-corrected chi connectivity index (χ4v) is 5.95. The molecule has 0 fully saturated rings. The Hall–Kier alpha value is -4.28. The van der Waals surface area contributed by atoms with Gasteiger partial charge in [-0.1, -0.05) is 48.2 Å². The molecule has 0 spiro atoms. The van der Waals surface area contributed by atoms with Gasteiger partial charge < -0.3 is 10.1 Å². The van der Waals surface area contributed by atoms with Crippen LogP contribution in [0.5, 0.6) is 5.75 Å². The van der Waals surface area contributed by atoms with Gasteiger partial charge in [0.15, 0.2) is 0 Å². The topological polar surface area (TPSA) is 109 Å². The maximum atomic E-state index is 13.0. The fourth-order valence-electron chi connectivity index (χ4n) is 3.87. The van der Waals surface area contributed by atoms with E-state index in [0.29, 0.717) is 17.1 Å². The number of ether oxygens (including phenoxy) is 1. The molecule has 192 valence electrons. The van der Waals surface area contributed by atoms with E-state index in [0.717, 1.165) is 26.7 Å². The van der Waals surface area contributed by atoms with Crippen LogP contribution >= 0.6 is 11.8 Å². The Balaban J connectivity index is 1.30. The zero-order chi connectivity index (χ0) is 26.7. The number of para-hydroxylation sites is 3. The van der Waals surface area contributed by atoms with E-state index >= 15 is 0 Å². The summed E-state index contributed by atoms with van der Waals surface area (Å²) in [7, 11) is -2.50. The fraction of sp³-hybridized carbons (Fsp3) is 0.0714. The highest BCUT2D eigenvalue weighted by Gasteiger charge is 2.19. The first-order valence-corrected chi connectivity index (χ1v) is 13.9. The molecule has 1 aliphatic rings. The van der Waals surface area contributed by atoms with Gasteiger partial charge in [-0.15, -0.1) is 0 Å². The van der Waals surface area contributed by atoms with E-state index < -0.39 is 15.9 Å². The van der Waals surface area contributed by atoms with E-state index in [2.05, 4.69) is 26.6 Å². The lowest BCUT2D eigenvalue weighted by Gasteiger charge is -2.21. The molecule has 0 saturated heterocycles. The van der Waals surface area contributed by atoms with Gasteiger partial charge >= 0.3 is 0 Å². The number of nitrogens with one attached hydrogen (secondary N) is 3. The van der Waals surface area contributed by atoms with Gasteiger partial charge in [-0.25, -0.2) is 13.8 Å². The second-order valence-corrected chi connectivity index (χ2v) is 11.2. The number of anilines is 3. The lowest BCUT2D eigenvalue weighted by molar-refractivity contribution is 0.0954. The van der Waals surface area contributed by atoms with Gasteiger partial charge in [-0.2, -0.15) is 5.10 Å². The molecule has 5 rings (SSSR count). The van der Waals surface area contributed by atoms with Crippen molar-refractivity contribution in [1.82, 2.24) is 5.43 Å². The van der Waals surface area contributed by atoms with Gasteiger partial charge in [0.25, 0.3) is 15.9 Å². The predicted octanol–water partition coefficient (Wildman–Crippen LogP) is 5.86. The van der Waals surface area contributed by atoms with E-state index in [1.807, 2.05) is 36.4 Å². The van der Waals surface area contributed by atoms with E-state index in [4.69, 9.17) is 4.74 Å². The number of hydrogen-bond donors (Lipinski definition) is 3. The monoisotopic (exact) mass is 544 g/mol. The van der Waals surface area contributed by atoms with Gasteiger partial charge in [-0.05, 0) is 67.1 Å². The second kappa shape index (κ2) is 10.6. The molecule has 1 aliphatic heterocycles. The standard InChI is InChI=1S/C28H24N4O4S2/c1-18(19-14-15-27-24(17-19)29-23-11-4-6-13-26(23)37-27)30-31-28(33)20-8-7-9-21(16-20)38(34,35)32-22-10-3-5-12-25(22)36-2/h3-17,29,32H,1-2H3,(H,31,33). The summed E-state index contributed by atoms with van der Waals surface area (Å²) in [4.78, 5) is 15.0. The summed E-state index contributed by atoms with van der Waals surface area (Å²) in [6.45, 7) is 1.80. The number of rotatable bonds is 7. The number of carbonyl (C=O) groups excluding carboxylic acids is 1. The zero-order valence-electron chi connectivity index (χ0n) is 20.6. The number of amides is 1. The minimum absolute atomic E-state index is 0.0599. The number of sulfonamides is 1. The van der Waals surface area contributed by atoms with E-state index in [-0.39, 0.29) is 10.5 Å². The van der Waals surface area contributed by atoms with E-state index in [1.165, 1.54) is 31.4 Å². The largest absolute Gasteiger partial charge is 0.495 e. The quantitative estimate of drug-likeness (QED) is 0.175. The number of benzene rings is 4. The lowest BCUT2D eigenvalue weighted by Crippen LogP contribution is -2.20. The summed E-state index contributed by atoms with van der Waals surface area (Å²) in [6, 6.07) is 26.5. The molecule has 4 aromatic rings. The lowest BCUT2D eigenvalue weighted by atomic mass is 10.1. The van der Waals surface area contributed by atoms with Gasteiger partial charge in [0, 0.05) is 15.4 Å². The summed E-state index contributed by atoms with van der Waals surface area (Å²) >= 11 is 1.69. The Morgan fingerprint density at radius 1 is 0.868 bits per heavy atom. The highest BCUT2D eigenvalue weighted by Crippen LogP contribution is 2.44. The van der Waals surface area contributed by atoms with Crippen molar-refractivity contribution in [3.63, 3.8) is 0 Å². The molecule has 3 N–H and O–H groups in total. The van der Waals surface area contributed by atoms with E-state index in [1.54, 1.807) is 43.0 Å². The Morgan fingerprint density at radius 3 is 2.47 bits per heavy atom. The third-order valence-corrected chi connectivity index (χ3v) is 8.37. The van der Waals surface area contributed by atoms with Crippen LogP contribution in [0, 0.1) is 0 Å². The van der Waals surface area contributed by atoms with Crippen LogP contribution in [0.2, 0.25) is 0 Å². The number of nitrogens with zero attached hydrogens (tertiary/aromatic N) is 1. The minimum atomic E-state index is -3.96. The van der Waals surface area contributed by atoms with Crippen LogP contribution in [0.3, 0.4) is 0 Å². The Kier molecular flexibility index (Phi) is 7.08. The van der Waals surface area contributed by atoms with Crippen molar-refractivity contribution in [1.29, 1.82) is 0 Å². The van der Waals surface area contributed by atoms with E-state index in [9.17, 15) is 13.2 Å². The van der Waals surface area contributed by atoms with Crippen LogP contribution in [-0.4, -0.2) is 27.1 Å². The average Bonchev–Trinajstić information content (AvgIpc) is 2.94. The van der Waals surface area contributed by atoms with Crippen molar-refractivity contribution in [2.75, 3.05) is 17.1 Å². The molecule has 10 heteroatoms. The van der Waals surface area contributed by atoms with Crippen LogP contribution in [-0.2, 0) is 10.0 Å². The number of hydrogen-bond acceptors (Lipinski definition) is 7. The molecule has 1 amide bonds. The third-order valence-electron chi connectivity index (χ3n) is 5.86. The summed E-state index contributed by atoms with van der Waals surface area (Å²) in [5, 5.41) is 7.68. The molecule has 0 saturated carbocycles. The maximum absolute atomic E-state index is 13.0. The molecule has 0 atom stereocenters. The van der Waals surface area contributed by atoms with Gasteiger partial charge in [0.05, 0.1) is 34.8 Å². The SMILES string of the molecule is COc1ccccc1NS(=O)(=O)c1cccc(C(=O)NN=C(C)c2ccc3c(c2)Nc2ccccc2S3)c1. The zero-order valence-corrected chi connectivity index (χ0v) is 22.2. The minimum Gasteiger partial charge on any atom is -0.495 e. The van der Waals surface area contributed by atoms with Crippen molar-refractivity contribution in [2.45, 2.75) is 21.6 Å². The molecular formula is C28H24N4O4S2. The van der Waals surface area contributed by atoms with Crippen LogP contribution in [0.4, 0.5) is 17.1 Å². The van der Waals surface area contributed by atoms with Crippen molar-refractivity contribution in [2.24, 2.45) is 5.10 Å². The molecule has 0 bridgehead atoms. The predicted molar refractivity (Wildman–Crippen MR) is 150 cm³/mol. The van der Waals surface area contributed by atoms with Crippen molar-refractivity contribution in [3.8, 4) is 5.75 Å². The summed E-state index contributed by atoms with van der Waals surface area (Å²) in [5.74, 6) is -0.144. The molecule has 1 heterocycles. The Bertz CT molecular complexity index is 1670. The van der Waals surface area contributed by atoms with Crippen molar-refractivity contribution in [3.05, 3.63) is 102 Å². The first kappa shape index (κ1) is 25.4. The van der Waals surface area contributed by atoms with Crippen molar-refractivity contribution < 1.29 is 17.9 Å². The highest BCUT2D eigenvalue weighted by atomic mass is 32.2. The second-order valence-electron chi connectivity index (χ2n) is 8.41. The van der Waals surface area contributed by atoms with Crippen LogP contribution in [0.15, 0.2) is 111 Å². The van der Waals surface area contributed by atoms with Crippen LogP contribution in [0.1, 0.15) is 22.8 Å². The Labute approximate surface area is 225 Å². The van der Waals surface area contributed by atoms with Gasteiger partial charge in [0.1, 0.15) is 5.75 Å². The third kappa shape index (κ3) is 5.36. The van der Waals surface area contributed by atoms with Gasteiger partial charge in [0.2, 0.25) is 0 Å². The molecule has 0 aliphatic carbocycles.